The lowest BCUT2D eigenvalue weighted by Gasteiger charge is -2.21. The van der Waals surface area contributed by atoms with Crippen LogP contribution in [0.15, 0.2) is 105 Å². The zero-order chi connectivity index (χ0) is 25.5. The van der Waals surface area contributed by atoms with Gasteiger partial charge in [-0.05, 0) is 61.0 Å². The SMILES string of the molecule is Cc1ccc(C(=O)N/N=C\c2ccc(CN(Cc3ccccc3)S(=O)(=O)c3ccc(Cl)cc3)o2)cc1. The number of amides is 1. The number of aryl methyl sites for hydroxylation is 1. The van der Waals surface area contributed by atoms with Gasteiger partial charge in [0.15, 0.2) is 0 Å². The quantitative estimate of drug-likeness (QED) is 0.236. The molecule has 0 radical (unpaired) electrons. The molecule has 36 heavy (non-hydrogen) atoms. The van der Waals surface area contributed by atoms with E-state index in [1.807, 2.05) is 49.4 Å². The molecule has 7 nitrogen and oxygen atoms in total. The molecule has 0 fully saturated rings. The van der Waals surface area contributed by atoms with Crippen LogP contribution in [0.5, 0.6) is 0 Å². The third kappa shape index (κ3) is 6.48. The molecule has 184 valence electrons. The standard InChI is InChI=1S/C27H24ClN3O4S/c1-20-7-9-22(10-8-20)27(32)30-29-17-24-13-14-25(35-24)19-31(18-21-5-3-2-4-6-21)36(33,34)26-15-11-23(28)12-16-26/h2-17H,18-19H2,1H3,(H,30,32)/b29-17-. The van der Waals surface area contributed by atoms with Crippen LogP contribution in [-0.4, -0.2) is 24.8 Å². The van der Waals surface area contributed by atoms with Gasteiger partial charge in [0.05, 0.1) is 17.7 Å². The summed E-state index contributed by atoms with van der Waals surface area (Å²) in [6.45, 7) is 2.10. The Hall–Kier alpha value is -3.72. The van der Waals surface area contributed by atoms with Crippen LogP contribution >= 0.6 is 11.6 Å². The van der Waals surface area contributed by atoms with Crippen molar-refractivity contribution in [1.82, 2.24) is 9.73 Å². The van der Waals surface area contributed by atoms with Crippen LogP contribution in [-0.2, 0) is 23.1 Å². The van der Waals surface area contributed by atoms with Crippen LogP contribution in [0.2, 0.25) is 5.02 Å². The molecule has 0 aliphatic rings. The molecular formula is C27H24ClN3O4S. The number of carbonyl (C=O) groups is 1. The van der Waals surface area contributed by atoms with Gasteiger partial charge in [-0.1, -0.05) is 59.6 Å². The van der Waals surface area contributed by atoms with Gasteiger partial charge in [0, 0.05) is 17.1 Å². The zero-order valence-electron chi connectivity index (χ0n) is 19.5. The van der Waals surface area contributed by atoms with Gasteiger partial charge in [0.1, 0.15) is 11.5 Å². The fourth-order valence-corrected chi connectivity index (χ4v) is 4.94. The number of halogens is 1. The molecule has 1 heterocycles. The van der Waals surface area contributed by atoms with E-state index in [0.717, 1.165) is 11.1 Å². The number of carbonyl (C=O) groups excluding carboxylic acids is 1. The van der Waals surface area contributed by atoms with Crippen molar-refractivity contribution in [2.45, 2.75) is 24.9 Å². The molecule has 3 aromatic carbocycles. The van der Waals surface area contributed by atoms with Crippen molar-refractivity contribution in [2.75, 3.05) is 0 Å². The number of hydrogen-bond acceptors (Lipinski definition) is 5. The maximum absolute atomic E-state index is 13.4. The maximum Gasteiger partial charge on any atom is 0.271 e. The van der Waals surface area contributed by atoms with Gasteiger partial charge in [-0.3, -0.25) is 4.79 Å². The molecule has 4 rings (SSSR count). The summed E-state index contributed by atoms with van der Waals surface area (Å²) >= 11 is 5.94. The van der Waals surface area contributed by atoms with Crippen LogP contribution in [0.25, 0.3) is 0 Å². The summed E-state index contributed by atoms with van der Waals surface area (Å²) in [6.07, 6.45) is 1.37. The smallest absolute Gasteiger partial charge is 0.271 e. The Morgan fingerprint density at radius 3 is 2.33 bits per heavy atom. The van der Waals surface area contributed by atoms with Gasteiger partial charge in [0.2, 0.25) is 10.0 Å². The normalized spacial score (nSPS) is 11.8. The number of benzene rings is 3. The van der Waals surface area contributed by atoms with Gasteiger partial charge in [0.25, 0.3) is 5.91 Å². The first-order valence-electron chi connectivity index (χ1n) is 11.1. The minimum atomic E-state index is -3.84. The van der Waals surface area contributed by atoms with Gasteiger partial charge >= 0.3 is 0 Å². The predicted molar refractivity (Wildman–Crippen MR) is 139 cm³/mol. The van der Waals surface area contributed by atoms with Crippen molar-refractivity contribution in [3.8, 4) is 0 Å². The Morgan fingerprint density at radius 2 is 1.64 bits per heavy atom. The molecule has 4 aromatic rings. The Labute approximate surface area is 215 Å². The second kappa shape index (κ2) is 11.3. The zero-order valence-corrected chi connectivity index (χ0v) is 21.0. The molecule has 1 aromatic heterocycles. The molecule has 0 bridgehead atoms. The van der Waals surface area contributed by atoms with E-state index in [4.69, 9.17) is 16.0 Å². The first-order chi connectivity index (χ1) is 17.3. The maximum atomic E-state index is 13.4. The minimum Gasteiger partial charge on any atom is -0.459 e. The molecule has 0 aliphatic heterocycles. The summed E-state index contributed by atoms with van der Waals surface area (Å²) in [5, 5.41) is 4.39. The molecule has 1 amide bonds. The van der Waals surface area contributed by atoms with Crippen molar-refractivity contribution >= 4 is 33.7 Å². The Morgan fingerprint density at radius 1 is 0.944 bits per heavy atom. The summed E-state index contributed by atoms with van der Waals surface area (Å²) < 4.78 is 34.0. The van der Waals surface area contributed by atoms with Crippen molar-refractivity contribution in [2.24, 2.45) is 5.10 Å². The van der Waals surface area contributed by atoms with E-state index in [2.05, 4.69) is 10.5 Å². The van der Waals surface area contributed by atoms with Crippen LogP contribution in [0, 0.1) is 6.92 Å². The van der Waals surface area contributed by atoms with E-state index in [-0.39, 0.29) is 23.9 Å². The minimum absolute atomic E-state index is 0.00339. The molecule has 0 spiro atoms. The summed E-state index contributed by atoms with van der Waals surface area (Å²) in [5.74, 6) is 0.452. The van der Waals surface area contributed by atoms with Crippen molar-refractivity contribution in [3.63, 3.8) is 0 Å². The molecule has 0 atom stereocenters. The summed E-state index contributed by atoms with van der Waals surface area (Å²) in [4.78, 5) is 12.3. The van der Waals surface area contributed by atoms with Crippen LogP contribution in [0.1, 0.15) is 33.0 Å². The number of rotatable bonds is 9. The van der Waals surface area contributed by atoms with Gasteiger partial charge in [-0.25, -0.2) is 13.8 Å². The second-order valence-electron chi connectivity index (χ2n) is 8.08. The first-order valence-corrected chi connectivity index (χ1v) is 12.9. The fraction of sp³-hybridized carbons (Fsp3) is 0.111. The van der Waals surface area contributed by atoms with Crippen molar-refractivity contribution in [3.05, 3.63) is 124 Å². The predicted octanol–water partition coefficient (Wildman–Crippen LogP) is 5.40. The van der Waals surface area contributed by atoms with E-state index < -0.39 is 10.0 Å². The highest BCUT2D eigenvalue weighted by atomic mass is 35.5. The van der Waals surface area contributed by atoms with Crippen molar-refractivity contribution in [1.29, 1.82) is 0 Å². The van der Waals surface area contributed by atoms with Gasteiger partial charge in [-0.2, -0.15) is 9.41 Å². The molecule has 0 aliphatic carbocycles. The van der Waals surface area contributed by atoms with Crippen LogP contribution in [0.4, 0.5) is 0 Å². The summed E-state index contributed by atoms with van der Waals surface area (Å²) in [5.41, 5.74) is 4.83. The summed E-state index contributed by atoms with van der Waals surface area (Å²) in [7, 11) is -3.84. The number of nitrogens with one attached hydrogen (secondary N) is 1. The Balaban J connectivity index is 1.49. The van der Waals surface area contributed by atoms with E-state index in [1.54, 1.807) is 36.4 Å². The second-order valence-corrected chi connectivity index (χ2v) is 10.5. The number of furan rings is 1. The van der Waals surface area contributed by atoms with E-state index in [1.165, 1.54) is 22.7 Å². The van der Waals surface area contributed by atoms with Crippen LogP contribution in [0.3, 0.4) is 0 Å². The number of nitrogens with zero attached hydrogens (tertiary/aromatic N) is 2. The lowest BCUT2D eigenvalue weighted by Crippen LogP contribution is -2.30. The average Bonchev–Trinajstić information content (AvgIpc) is 3.32. The molecular weight excluding hydrogens is 498 g/mol. The molecule has 0 saturated carbocycles. The number of hydrogen-bond donors (Lipinski definition) is 1. The molecule has 0 unspecified atom stereocenters. The number of hydrazone groups is 1. The molecule has 0 saturated heterocycles. The Kier molecular flexibility index (Phi) is 8.00. The fourth-order valence-electron chi connectivity index (χ4n) is 3.42. The molecule has 9 heteroatoms. The third-order valence-corrected chi connectivity index (χ3v) is 7.40. The van der Waals surface area contributed by atoms with Gasteiger partial charge in [-0.15, -0.1) is 0 Å². The topological polar surface area (TPSA) is 92.0 Å². The summed E-state index contributed by atoms with van der Waals surface area (Å²) in [6, 6.07) is 25.8. The van der Waals surface area contributed by atoms with Crippen LogP contribution < -0.4 is 5.43 Å². The Bertz CT molecular complexity index is 1450. The lowest BCUT2D eigenvalue weighted by atomic mass is 10.1. The largest absolute Gasteiger partial charge is 0.459 e. The lowest BCUT2D eigenvalue weighted by molar-refractivity contribution is 0.0955. The number of sulfonamides is 1. The van der Waals surface area contributed by atoms with Gasteiger partial charge < -0.3 is 4.42 Å². The highest BCUT2D eigenvalue weighted by Gasteiger charge is 2.26. The van der Waals surface area contributed by atoms with E-state index in [0.29, 0.717) is 22.1 Å². The van der Waals surface area contributed by atoms with E-state index >= 15 is 0 Å². The monoisotopic (exact) mass is 521 g/mol. The highest BCUT2D eigenvalue weighted by molar-refractivity contribution is 7.89. The first kappa shape index (κ1) is 25.4. The van der Waals surface area contributed by atoms with Crippen molar-refractivity contribution < 1.29 is 17.6 Å². The third-order valence-electron chi connectivity index (χ3n) is 5.34. The molecule has 1 N–H and O–H groups in total. The van der Waals surface area contributed by atoms with E-state index in [9.17, 15) is 13.2 Å². The highest BCUT2D eigenvalue weighted by Crippen LogP contribution is 2.23. The average molecular weight is 522 g/mol.